The Morgan fingerprint density at radius 1 is 1.10 bits per heavy atom. The van der Waals surface area contributed by atoms with Crippen molar-refractivity contribution in [3.63, 3.8) is 0 Å². The van der Waals surface area contributed by atoms with Gasteiger partial charge in [-0.3, -0.25) is 13.8 Å². The Kier molecular flexibility index (Phi) is 6.15. The molecule has 3 aromatic carbocycles. The molecule has 2 amide bonds. The van der Waals surface area contributed by atoms with Gasteiger partial charge in [-0.1, -0.05) is 41.9 Å². The van der Waals surface area contributed by atoms with Crippen molar-refractivity contribution in [2.45, 2.75) is 18.0 Å². The van der Waals surface area contributed by atoms with Crippen molar-refractivity contribution in [2.75, 3.05) is 10.7 Å². The molecule has 1 heterocycles. The standard InChI is InChI=1S/C23H18ClFN2O3S/c24-19-4-2-1-3-17(19)12-26-23(29)16-7-10-21-20(11-16)27(22(28)14-31(21)30)13-15-5-8-18(25)9-6-15/h1-11H,12-14H2,(H,26,29)/t31-/m0/s1. The maximum absolute atomic E-state index is 13.2. The van der Waals surface area contributed by atoms with Gasteiger partial charge in [0.2, 0.25) is 5.91 Å². The van der Waals surface area contributed by atoms with Crippen molar-refractivity contribution in [3.8, 4) is 0 Å². The Morgan fingerprint density at radius 2 is 1.84 bits per heavy atom. The average Bonchev–Trinajstić information content (AvgIpc) is 2.76. The van der Waals surface area contributed by atoms with E-state index in [4.69, 9.17) is 11.6 Å². The second-order valence-corrected chi connectivity index (χ2v) is 8.88. The highest BCUT2D eigenvalue weighted by molar-refractivity contribution is 7.86. The summed E-state index contributed by atoms with van der Waals surface area (Å²) in [5.74, 6) is -1.16. The number of carbonyl (C=O) groups excluding carboxylic acids is 2. The van der Waals surface area contributed by atoms with Gasteiger partial charge >= 0.3 is 0 Å². The Balaban J connectivity index is 1.59. The SMILES string of the molecule is O=C(NCc1ccccc1Cl)c1ccc2c(c1)N(Cc1ccc(F)cc1)C(=O)C[S@@]2=O. The zero-order valence-corrected chi connectivity index (χ0v) is 17.9. The molecule has 5 nitrogen and oxygen atoms in total. The minimum atomic E-state index is -1.49. The predicted octanol–water partition coefficient (Wildman–Crippen LogP) is 4.06. The first-order chi connectivity index (χ1) is 14.9. The van der Waals surface area contributed by atoms with Crippen molar-refractivity contribution >= 4 is 39.9 Å². The normalized spacial score (nSPS) is 15.5. The molecule has 0 aromatic heterocycles. The van der Waals surface area contributed by atoms with Crippen LogP contribution in [0.1, 0.15) is 21.5 Å². The second kappa shape index (κ2) is 8.99. The van der Waals surface area contributed by atoms with Crippen LogP contribution in [-0.2, 0) is 28.7 Å². The number of anilines is 1. The van der Waals surface area contributed by atoms with Crippen LogP contribution in [0.2, 0.25) is 5.02 Å². The van der Waals surface area contributed by atoms with E-state index in [9.17, 15) is 18.2 Å². The van der Waals surface area contributed by atoms with Gasteiger partial charge in [0, 0.05) is 17.1 Å². The molecule has 0 saturated carbocycles. The number of amides is 2. The predicted molar refractivity (Wildman–Crippen MR) is 118 cm³/mol. The molecule has 0 aliphatic carbocycles. The lowest BCUT2D eigenvalue weighted by Crippen LogP contribution is -2.38. The zero-order chi connectivity index (χ0) is 22.0. The van der Waals surface area contributed by atoms with E-state index in [-0.39, 0.29) is 36.5 Å². The maximum Gasteiger partial charge on any atom is 0.251 e. The van der Waals surface area contributed by atoms with Crippen molar-refractivity contribution in [3.05, 3.63) is 94.3 Å². The van der Waals surface area contributed by atoms with Crippen molar-refractivity contribution in [2.24, 2.45) is 0 Å². The summed E-state index contributed by atoms with van der Waals surface area (Å²) < 4.78 is 25.7. The van der Waals surface area contributed by atoms with Crippen molar-refractivity contribution in [1.82, 2.24) is 5.32 Å². The molecule has 0 radical (unpaired) electrons. The number of hydrogen-bond acceptors (Lipinski definition) is 3. The maximum atomic E-state index is 13.2. The van der Waals surface area contributed by atoms with E-state index in [0.29, 0.717) is 21.2 Å². The van der Waals surface area contributed by atoms with Crippen LogP contribution >= 0.6 is 11.6 Å². The smallest absolute Gasteiger partial charge is 0.251 e. The molecule has 0 fully saturated rings. The summed E-state index contributed by atoms with van der Waals surface area (Å²) in [5, 5.41) is 3.37. The van der Waals surface area contributed by atoms with E-state index in [1.54, 1.807) is 36.4 Å². The Morgan fingerprint density at radius 3 is 2.58 bits per heavy atom. The van der Waals surface area contributed by atoms with Crippen LogP contribution in [-0.4, -0.2) is 21.8 Å². The van der Waals surface area contributed by atoms with E-state index in [1.165, 1.54) is 17.0 Å². The first-order valence-corrected chi connectivity index (χ1v) is 11.2. The molecule has 1 atom stereocenters. The third-order valence-electron chi connectivity index (χ3n) is 4.96. The highest BCUT2D eigenvalue weighted by Gasteiger charge is 2.30. The number of nitrogens with one attached hydrogen (secondary N) is 1. The van der Waals surface area contributed by atoms with E-state index in [0.717, 1.165) is 11.1 Å². The van der Waals surface area contributed by atoms with E-state index in [2.05, 4.69) is 5.32 Å². The molecule has 0 unspecified atom stereocenters. The summed E-state index contributed by atoms with van der Waals surface area (Å²) in [6.45, 7) is 0.438. The van der Waals surface area contributed by atoms with Crippen LogP contribution in [0, 0.1) is 5.82 Å². The Hall–Kier alpha value is -3.03. The fraction of sp³-hybridized carbons (Fsp3) is 0.130. The molecule has 4 rings (SSSR count). The molecule has 1 N–H and O–H groups in total. The monoisotopic (exact) mass is 456 g/mol. The molecule has 0 spiro atoms. The van der Waals surface area contributed by atoms with Crippen LogP contribution < -0.4 is 10.2 Å². The summed E-state index contributed by atoms with van der Waals surface area (Å²) in [7, 11) is -1.49. The zero-order valence-electron chi connectivity index (χ0n) is 16.3. The van der Waals surface area contributed by atoms with Gasteiger partial charge in [-0.15, -0.1) is 0 Å². The van der Waals surface area contributed by atoms with E-state index in [1.807, 2.05) is 18.2 Å². The lowest BCUT2D eigenvalue weighted by Gasteiger charge is -2.29. The van der Waals surface area contributed by atoms with Crippen molar-refractivity contribution < 1.29 is 18.2 Å². The molecule has 8 heteroatoms. The van der Waals surface area contributed by atoms with Gasteiger partial charge in [-0.25, -0.2) is 4.39 Å². The largest absolute Gasteiger partial charge is 0.348 e. The van der Waals surface area contributed by atoms with Gasteiger partial charge in [0.05, 0.1) is 27.9 Å². The lowest BCUT2D eigenvalue weighted by atomic mass is 10.1. The van der Waals surface area contributed by atoms with E-state index < -0.39 is 10.8 Å². The molecule has 1 aliphatic heterocycles. The van der Waals surface area contributed by atoms with E-state index >= 15 is 0 Å². The molecule has 0 saturated heterocycles. The molecular weight excluding hydrogens is 439 g/mol. The number of carbonyl (C=O) groups is 2. The molecule has 158 valence electrons. The molecule has 1 aliphatic rings. The van der Waals surface area contributed by atoms with Crippen LogP contribution in [0.25, 0.3) is 0 Å². The van der Waals surface area contributed by atoms with Gasteiger partial charge < -0.3 is 10.2 Å². The fourth-order valence-corrected chi connectivity index (χ4v) is 4.69. The van der Waals surface area contributed by atoms with Crippen LogP contribution in [0.15, 0.2) is 71.6 Å². The fourth-order valence-electron chi connectivity index (χ4n) is 3.33. The average molecular weight is 457 g/mol. The summed E-state index contributed by atoms with van der Waals surface area (Å²) >= 11 is 6.13. The Bertz CT molecular complexity index is 1180. The third-order valence-corrected chi connectivity index (χ3v) is 6.68. The minimum absolute atomic E-state index is 0.133. The summed E-state index contributed by atoms with van der Waals surface area (Å²) in [6.07, 6.45) is 0. The number of benzene rings is 3. The first kappa shape index (κ1) is 21.2. The van der Waals surface area contributed by atoms with Crippen molar-refractivity contribution in [1.29, 1.82) is 0 Å². The third kappa shape index (κ3) is 4.68. The quantitative estimate of drug-likeness (QED) is 0.629. The van der Waals surface area contributed by atoms with Gasteiger partial charge in [-0.2, -0.15) is 0 Å². The molecular formula is C23H18ClFN2O3S. The summed E-state index contributed by atoms with van der Waals surface area (Å²) in [5.41, 5.74) is 2.26. The number of hydrogen-bond donors (Lipinski definition) is 1. The Labute approximate surface area is 186 Å². The van der Waals surface area contributed by atoms with Crippen LogP contribution in [0.5, 0.6) is 0 Å². The highest BCUT2D eigenvalue weighted by Crippen LogP contribution is 2.31. The highest BCUT2D eigenvalue weighted by atomic mass is 35.5. The number of fused-ring (bicyclic) bond motifs is 1. The number of nitrogens with zero attached hydrogens (tertiary/aromatic N) is 1. The molecule has 3 aromatic rings. The topological polar surface area (TPSA) is 66.5 Å². The lowest BCUT2D eigenvalue weighted by molar-refractivity contribution is -0.116. The molecule has 31 heavy (non-hydrogen) atoms. The van der Waals surface area contributed by atoms with Gasteiger partial charge in [0.1, 0.15) is 11.6 Å². The van der Waals surface area contributed by atoms with Gasteiger partial charge in [0.25, 0.3) is 5.91 Å². The van der Waals surface area contributed by atoms with Gasteiger partial charge in [-0.05, 0) is 47.5 Å². The number of halogens is 2. The first-order valence-electron chi connectivity index (χ1n) is 9.51. The van der Waals surface area contributed by atoms with Crippen LogP contribution in [0.3, 0.4) is 0 Å². The summed E-state index contributed by atoms with van der Waals surface area (Å²) in [4.78, 5) is 27.3. The minimum Gasteiger partial charge on any atom is -0.348 e. The molecule has 0 bridgehead atoms. The number of rotatable bonds is 5. The summed E-state index contributed by atoms with van der Waals surface area (Å²) in [6, 6.07) is 17.8. The van der Waals surface area contributed by atoms with Gasteiger partial charge in [0.15, 0.2) is 0 Å². The second-order valence-electron chi connectivity index (χ2n) is 7.05. The van der Waals surface area contributed by atoms with Crippen LogP contribution in [0.4, 0.5) is 10.1 Å².